The van der Waals surface area contributed by atoms with Gasteiger partial charge in [0.25, 0.3) is 0 Å². The first-order chi connectivity index (χ1) is 8.41. The van der Waals surface area contributed by atoms with Crippen molar-refractivity contribution in [2.45, 2.75) is 13.0 Å². The van der Waals surface area contributed by atoms with Crippen molar-refractivity contribution in [1.82, 2.24) is 0 Å². The van der Waals surface area contributed by atoms with Crippen molar-refractivity contribution < 1.29 is 17.6 Å². The number of rotatable bonds is 2. The van der Waals surface area contributed by atoms with E-state index in [1.807, 2.05) is 0 Å². The molecule has 1 amide bonds. The Bertz CT molecular complexity index is 610. The number of amides is 1. The Balaban J connectivity index is 2.40. The lowest BCUT2D eigenvalue weighted by molar-refractivity contribution is -0.116. The van der Waals surface area contributed by atoms with Crippen LogP contribution in [-0.2, 0) is 14.6 Å². The van der Waals surface area contributed by atoms with Crippen LogP contribution in [-0.4, -0.2) is 26.1 Å². The normalized spacial score (nSPS) is 20.9. The van der Waals surface area contributed by atoms with E-state index in [2.05, 4.69) is 0 Å². The summed E-state index contributed by atoms with van der Waals surface area (Å²) in [6.07, 6.45) is 1.41. The van der Waals surface area contributed by atoms with Crippen molar-refractivity contribution in [3.63, 3.8) is 0 Å². The van der Waals surface area contributed by atoms with Crippen LogP contribution < -0.4 is 4.90 Å². The highest BCUT2D eigenvalue weighted by Gasteiger charge is 2.30. The molecule has 0 radical (unpaired) electrons. The first-order valence-electron chi connectivity index (χ1n) is 5.36. The van der Waals surface area contributed by atoms with Crippen molar-refractivity contribution in [3.05, 3.63) is 41.6 Å². The Morgan fingerprint density at radius 1 is 1.39 bits per heavy atom. The maximum absolute atomic E-state index is 13.7. The van der Waals surface area contributed by atoms with Gasteiger partial charge in [-0.15, -0.1) is 0 Å². The zero-order valence-electron chi connectivity index (χ0n) is 9.71. The van der Waals surface area contributed by atoms with Crippen LogP contribution in [0.1, 0.15) is 6.92 Å². The molecule has 0 saturated heterocycles. The number of carbonyl (C=O) groups excluding carboxylic acids is 1. The zero-order chi connectivity index (χ0) is 13.3. The van der Waals surface area contributed by atoms with Crippen molar-refractivity contribution in [2.75, 3.05) is 10.7 Å². The van der Waals surface area contributed by atoms with Gasteiger partial charge in [-0.05, 0) is 18.2 Å². The van der Waals surface area contributed by atoms with E-state index in [0.717, 1.165) is 10.3 Å². The second-order valence-corrected chi connectivity index (χ2v) is 6.00. The summed E-state index contributed by atoms with van der Waals surface area (Å²) in [5, 5.41) is 1.06. The van der Waals surface area contributed by atoms with E-state index in [9.17, 15) is 17.6 Å². The highest BCUT2D eigenvalue weighted by molar-refractivity contribution is 7.94. The van der Waals surface area contributed by atoms with E-state index in [0.29, 0.717) is 0 Å². The minimum absolute atomic E-state index is 0.0942. The van der Waals surface area contributed by atoms with Crippen LogP contribution in [0.5, 0.6) is 0 Å². The Hall–Kier alpha value is -1.69. The summed E-state index contributed by atoms with van der Waals surface area (Å²) in [4.78, 5) is 12.8. The molecule has 0 aromatic heterocycles. The van der Waals surface area contributed by atoms with E-state index >= 15 is 0 Å². The van der Waals surface area contributed by atoms with Crippen LogP contribution in [0, 0.1) is 5.82 Å². The Morgan fingerprint density at radius 3 is 2.56 bits per heavy atom. The molecule has 1 atom stereocenters. The zero-order valence-corrected chi connectivity index (χ0v) is 10.5. The van der Waals surface area contributed by atoms with E-state index in [-0.39, 0.29) is 11.4 Å². The smallest absolute Gasteiger partial charge is 0.224 e. The molecule has 1 heterocycles. The van der Waals surface area contributed by atoms with Gasteiger partial charge in [0.15, 0.2) is 9.84 Å². The third-order valence-electron chi connectivity index (χ3n) is 2.69. The average molecular weight is 269 g/mol. The number of halogens is 1. The minimum Gasteiger partial charge on any atom is -0.302 e. The summed E-state index contributed by atoms with van der Waals surface area (Å²) in [6, 6.07) is 5.15. The van der Waals surface area contributed by atoms with Gasteiger partial charge in [0, 0.05) is 12.3 Å². The first kappa shape index (κ1) is 12.8. The van der Waals surface area contributed by atoms with Gasteiger partial charge in [-0.1, -0.05) is 12.1 Å². The van der Waals surface area contributed by atoms with Crippen molar-refractivity contribution in [2.24, 2.45) is 0 Å². The van der Waals surface area contributed by atoms with E-state index in [1.54, 1.807) is 6.07 Å². The summed E-state index contributed by atoms with van der Waals surface area (Å²) < 4.78 is 36.4. The molecule has 96 valence electrons. The van der Waals surface area contributed by atoms with Crippen molar-refractivity contribution >= 4 is 21.4 Å². The molecule has 1 aliphatic rings. The topological polar surface area (TPSA) is 54.5 Å². The van der Waals surface area contributed by atoms with Crippen LogP contribution in [0.2, 0.25) is 0 Å². The molecule has 1 aromatic carbocycles. The molecule has 4 nitrogen and oxygen atoms in total. The summed E-state index contributed by atoms with van der Waals surface area (Å²) >= 11 is 0. The fourth-order valence-electron chi connectivity index (χ4n) is 1.95. The molecule has 1 aromatic rings. The van der Waals surface area contributed by atoms with Gasteiger partial charge in [-0.3, -0.25) is 4.79 Å². The fourth-order valence-corrected chi connectivity index (χ4v) is 3.22. The fraction of sp³-hybridized carbons (Fsp3) is 0.250. The lowest BCUT2D eigenvalue weighted by Gasteiger charge is -2.26. The molecule has 0 unspecified atom stereocenters. The standard InChI is InChI=1S/C12H12FNO3S/c1-9(15)14(10-6-7-18(16,17)8-10)12-5-3-2-4-11(12)13/h2-7,10H,8H2,1H3/t10-/m1/s1. The lowest BCUT2D eigenvalue weighted by atomic mass is 10.2. The first-order valence-corrected chi connectivity index (χ1v) is 7.07. The molecule has 6 heteroatoms. The number of para-hydroxylation sites is 1. The lowest BCUT2D eigenvalue weighted by Crippen LogP contribution is -2.40. The van der Waals surface area contributed by atoms with Gasteiger partial charge in [-0.2, -0.15) is 0 Å². The molecular formula is C12H12FNO3S. The number of nitrogens with zero attached hydrogens (tertiary/aromatic N) is 1. The molecule has 18 heavy (non-hydrogen) atoms. The van der Waals surface area contributed by atoms with Gasteiger partial charge in [0.1, 0.15) is 5.82 Å². The molecule has 0 spiro atoms. The summed E-state index contributed by atoms with van der Waals surface area (Å²) in [5.41, 5.74) is 0.0942. The van der Waals surface area contributed by atoms with E-state index in [4.69, 9.17) is 0 Å². The molecule has 2 rings (SSSR count). The molecule has 0 N–H and O–H groups in total. The third kappa shape index (κ3) is 2.43. The number of hydrogen-bond acceptors (Lipinski definition) is 3. The molecule has 1 aliphatic heterocycles. The number of hydrogen-bond donors (Lipinski definition) is 0. The number of sulfone groups is 1. The maximum Gasteiger partial charge on any atom is 0.224 e. The second kappa shape index (κ2) is 4.53. The second-order valence-electron chi connectivity index (χ2n) is 4.07. The monoisotopic (exact) mass is 269 g/mol. The van der Waals surface area contributed by atoms with Gasteiger partial charge < -0.3 is 4.90 Å². The number of carbonyl (C=O) groups is 1. The summed E-state index contributed by atoms with van der Waals surface area (Å²) in [6.45, 7) is 1.28. The van der Waals surface area contributed by atoms with Gasteiger partial charge >= 0.3 is 0 Å². The van der Waals surface area contributed by atoms with Crippen LogP contribution in [0.3, 0.4) is 0 Å². The molecule has 0 aliphatic carbocycles. The van der Waals surface area contributed by atoms with Crippen LogP contribution >= 0.6 is 0 Å². The Morgan fingerprint density at radius 2 is 2.06 bits per heavy atom. The van der Waals surface area contributed by atoms with E-state index in [1.165, 1.54) is 31.2 Å². The van der Waals surface area contributed by atoms with Gasteiger partial charge in [-0.25, -0.2) is 12.8 Å². The Kier molecular flexibility index (Phi) is 3.21. The average Bonchev–Trinajstić information content (AvgIpc) is 2.61. The quantitative estimate of drug-likeness (QED) is 0.817. The van der Waals surface area contributed by atoms with Crippen molar-refractivity contribution in [1.29, 1.82) is 0 Å². The van der Waals surface area contributed by atoms with Crippen LogP contribution in [0.4, 0.5) is 10.1 Å². The SMILES string of the molecule is CC(=O)N(c1ccccc1F)[C@@H]1C=CS(=O)(=O)C1. The molecule has 0 saturated carbocycles. The summed E-state index contributed by atoms with van der Waals surface area (Å²) in [7, 11) is -3.29. The molecular weight excluding hydrogens is 257 g/mol. The highest BCUT2D eigenvalue weighted by atomic mass is 32.2. The molecule has 0 fully saturated rings. The predicted octanol–water partition coefficient (Wildman–Crippen LogP) is 1.49. The van der Waals surface area contributed by atoms with Crippen LogP contribution in [0.25, 0.3) is 0 Å². The summed E-state index contributed by atoms with van der Waals surface area (Å²) in [5.74, 6) is -1.15. The Labute approximate surface area is 105 Å². The third-order valence-corrected chi connectivity index (χ3v) is 4.07. The van der Waals surface area contributed by atoms with Gasteiger partial charge in [0.2, 0.25) is 5.91 Å². The van der Waals surface area contributed by atoms with Crippen LogP contribution in [0.15, 0.2) is 35.7 Å². The largest absolute Gasteiger partial charge is 0.302 e. The predicted molar refractivity (Wildman–Crippen MR) is 66.3 cm³/mol. The maximum atomic E-state index is 13.7. The number of anilines is 1. The molecule has 0 bridgehead atoms. The minimum atomic E-state index is -3.29. The van der Waals surface area contributed by atoms with Crippen molar-refractivity contribution in [3.8, 4) is 0 Å². The number of benzene rings is 1. The van der Waals surface area contributed by atoms with Gasteiger partial charge in [0.05, 0.1) is 17.5 Å². The highest BCUT2D eigenvalue weighted by Crippen LogP contribution is 2.25. The van der Waals surface area contributed by atoms with E-state index < -0.39 is 27.6 Å².